The van der Waals surface area contributed by atoms with Crippen LogP contribution in [0.25, 0.3) is 0 Å². The topological polar surface area (TPSA) is 122 Å². The van der Waals surface area contributed by atoms with E-state index in [9.17, 15) is 19.5 Å². The summed E-state index contributed by atoms with van der Waals surface area (Å²) >= 11 is 12.2. The molecular weight excluding hydrogens is 477 g/mol. The molecule has 0 aromatic heterocycles. The molecule has 2 amide bonds. The minimum absolute atomic E-state index is 0.199. The van der Waals surface area contributed by atoms with Gasteiger partial charge in [-0.15, -0.1) is 0 Å². The summed E-state index contributed by atoms with van der Waals surface area (Å²) in [5.41, 5.74) is 6.80. The molecule has 0 radical (unpaired) electrons. The van der Waals surface area contributed by atoms with Crippen LogP contribution in [0.1, 0.15) is 54.4 Å². The fourth-order valence-electron chi connectivity index (χ4n) is 4.46. The maximum absolute atomic E-state index is 12.9. The van der Waals surface area contributed by atoms with Crippen LogP contribution in [-0.2, 0) is 16.0 Å². The molecule has 0 heterocycles. The number of aryl methyl sites for hydroxylation is 1. The van der Waals surface area contributed by atoms with Crippen molar-refractivity contribution in [1.82, 2.24) is 5.32 Å². The van der Waals surface area contributed by atoms with E-state index in [0.717, 1.165) is 31.2 Å². The quantitative estimate of drug-likeness (QED) is 0.374. The van der Waals surface area contributed by atoms with E-state index in [1.54, 1.807) is 42.5 Å². The molecule has 0 aliphatic heterocycles. The molecule has 1 saturated carbocycles. The molecule has 182 valence electrons. The van der Waals surface area contributed by atoms with Gasteiger partial charge in [-0.1, -0.05) is 54.2 Å². The highest BCUT2D eigenvalue weighted by atomic mass is 35.5. The minimum atomic E-state index is -1.06. The van der Waals surface area contributed by atoms with E-state index in [0.29, 0.717) is 25.1 Å². The molecule has 0 spiro atoms. The Morgan fingerprint density at radius 1 is 1.03 bits per heavy atom. The third kappa shape index (κ3) is 6.29. The lowest BCUT2D eigenvalue weighted by molar-refractivity contribution is -0.144. The summed E-state index contributed by atoms with van der Waals surface area (Å²) in [4.78, 5) is 37.2. The first-order valence-corrected chi connectivity index (χ1v) is 12.1. The van der Waals surface area contributed by atoms with E-state index in [1.807, 2.05) is 0 Å². The van der Waals surface area contributed by atoms with Crippen LogP contribution < -0.4 is 16.4 Å². The normalized spacial score (nSPS) is 15.5. The summed E-state index contributed by atoms with van der Waals surface area (Å²) in [6, 6.07) is 10.9. The van der Waals surface area contributed by atoms with Gasteiger partial charge in [-0.05, 0) is 68.5 Å². The van der Waals surface area contributed by atoms with E-state index >= 15 is 0 Å². The van der Waals surface area contributed by atoms with Gasteiger partial charge in [0.15, 0.2) is 0 Å². The van der Waals surface area contributed by atoms with Gasteiger partial charge in [0, 0.05) is 5.69 Å². The standard InChI is InChI=1S/C25H29Cl2N3O4/c26-18-4-3-5-19(27)21(18)22(31)29-17-9-6-16(7-10-17)8-11-20(23(32)33)30-24(34)25(14-15-28)12-1-2-13-25/h3-7,9-10,20H,1-2,8,11-15,28H2,(H,29,31)(H,30,34)(H,32,33)/t20-/m0/s1. The van der Waals surface area contributed by atoms with Crippen molar-refractivity contribution in [1.29, 1.82) is 0 Å². The molecule has 0 bridgehead atoms. The molecule has 7 nitrogen and oxygen atoms in total. The number of nitrogens with two attached hydrogens (primary N) is 1. The summed E-state index contributed by atoms with van der Waals surface area (Å²) < 4.78 is 0. The Bertz CT molecular complexity index is 1020. The van der Waals surface area contributed by atoms with Crippen molar-refractivity contribution in [2.75, 3.05) is 11.9 Å². The molecule has 2 aromatic rings. The van der Waals surface area contributed by atoms with Crippen LogP contribution in [0.4, 0.5) is 5.69 Å². The maximum atomic E-state index is 12.9. The molecular formula is C25H29Cl2N3O4. The van der Waals surface area contributed by atoms with Crippen LogP contribution in [0.2, 0.25) is 10.0 Å². The van der Waals surface area contributed by atoms with Crippen LogP contribution in [0, 0.1) is 5.41 Å². The van der Waals surface area contributed by atoms with Gasteiger partial charge in [-0.25, -0.2) is 4.79 Å². The zero-order valence-electron chi connectivity index (χ0n) is 18.8. The lowest BCUT2D eigenvalue weighted by Crippen LogP contribution is -2.48. The zero-order valence-corrected chi connectivity index (χ0v) is 20.3. The molecule has 34 heavy (non-hydrogen) atoms. The van der Waals surface area contributed by atoms with Crippen molar-refractivity contribution < 1.29 is 19.5 Å². The zero-order chi connectivity index (χ0) is 24.7. The summed E-state index contributed by atoms with van der Waals surface area (Å²) in [7, 11) is 0. The predicted octanol–water partition coefficient (Wildman–Crippen LogP) is 4.66. The molecule has 2 aromatic carbocycles. The third-order valence-electron chi connectivity index (χ3n) is 6.39. The number of carboxylic acids is 1. The van der Waals surface area contributed by atoms with Crippen LogP contribution in [-0.4, -0.2) is 35.5 Å². The van der Waals surface area contributed by atoms with Gasteiger partial charge in [0.1, 0.15) is 6.04 Å². The van der Waals surface area contributed by atoms with Crippen LogP contribution >= 0.6 is 23.2 Å². The predicted molar refractivity (Wildman–Crippen MR) is 133 cm³/mol. The Balaban J connectivity index is 1.59. The molecule has 3 rings (SSSR count). The molecule has 1 aliphatic rings. The lowest BCUT2D eigenvalue weighted by atomic mass is 9.81. The van der Waals surface area contributed by atoms with E-state index in [-0.39, 0.29) is 27.9 Å². The number of halogens is 2. The fraction of sp³-hybridized carbons (Fsp3) is 0.400. The average Bonchev–Trinajstić information content (AvgIpc) is 3.27. The van der Waals surface area contributed by atoms with Crippen molar-refractivity contribution in [3.8, 4) is 0 Å². The summed E-state index contributed by atoms with van der Waals surface area (Å²) in [6.45, 7) is 0.400. The number of aliphatic carboxylic acids is 1. The second-order valence-electron chi connectivity index (χ2n) is 8.68. The second kappa shape index (κ2) is 11.7. The van der Waals surface area contributed by atoms with Gasteiger partial charge in [-0.3, -0.25) is 9.59 Å². The molecule has 0 unspecified atom stereocenters. The molecule has 9 heteroatoms. The van der Waals surface area contributed by atoms with Crippen molar-refractivity contribution >= 4 is 46.7 Å². The van der Waals surface area contributed by atoms with Crippen molar-refractivity contribution in [2.45, 2.75) is 51.0 Å². The first-order valence-electron chi connectivity index (χ1n) is 11.3. The van der Waals surface area contributed by atoms with Gasteiger partial charge in [0.25, 0.3) is 5.91 Å². The fourth-order valence-corrected chi connectivity index (χ4v) is 5.03. The van der Waals surface area contributed by atoms with E-state index in [2.05, 4.69) is 10.6 Å². The highest BCUT2D eigenvalue weighted by molar-refractivity contribution is 6.40. The van der Waals surface area contributed by atoms with Crippen LogP contribution in [0.5, 0.6) is 0 Å². The SMILES string of the molecule is NCCC1(C(=O)N[C@@H](CCc2ccc(NC(=O)c3c(Cl)cccc3Cl)cc2)C(=O)O)CCCC1. The van der Waals surface area contributed by atoms with Crippen molar-refractivity contribution in [2.24, 2.45) is 11.1 Å². The Morgan fingerprint density at radius 3 is 2.21 bits per heavy atom. The Labute approximate surface area is 209 Å². The highest BCUT2D eigenvalue weighted by Crippen LogP contribution is 2.41. The number of carboxylic acid groups (broad SMARTS) is 1. The smallest absolute Gasteiger partial charge is 0.326 e. The van der Waals surface area contributed by atoms with Gasteiger partial charge >= 0.3 is 5.97 Å². The molecule has 5 N–H and O–H groups in total. The van der Waals surface area contributed by atoms with Crippen molar-refractivity contribution in [3.05, 3.63) is 63.6 Å². The van der Waals surface area contributed by atoms with Gasteiger partial charge in [0.2, 0.25) is 5.91 Å². The number of amides is 2. The first kappa shape index (κ1) is 26.0. The Kier molecular flexibility index (Phi) is 8.94. The number of nitrogens with one attached hydrogen (secondary N) is 2. The van der Waals surface area contributed by atoms with E-state index in [1.165, 1.54) is 0 Å². The Hall–Kier alpha value is -2.61. The average molecular weight is 506 g/mol. The highest BCUT2D eigenvalue weighted by Gasteiger charge is 2.41. The lowest BCUT2D eigenvalue weighted by Gasteiger charge is -2.29. The van der Waals surface area contributed by atoms with E-state index < -0.39 is 23.3 Å². The number of hydrogen-bond acceptors (Lipinski definition) is 4. The second-order valence-corrected chi connectivity index (χ2v) is 9.49. The minimum Gasteiger partial charge on any atom is -0.480 e. The summed E-state index contributed by atoms with van der Waals surface area (Å²) in [6.07, 6.45) is 4.67. The summed E-state index contributed by atoms with van der Waals surface area (Å²) in [5.74, 6) is -1.69. The maximum Gasteiger partial charge on any atom is 0.326 e. The van der Waals surface area contributed by atoms with Crippen molar-refractivity contribution in [3.63, 3.8) is 0 Å². The Morgan fingerprint density at radius 2 is 1.65 bits per heavy atom. The van der Waals surface area contributed by atoms with Gasteiger partial charge < -0.3 is 21.5 Å². The molecule has 0 saturated heterocycles. The number of rotatable bonds is 10. The monoisotopic (exact) mass is 505 g/mol. The van der Waals surface area contributed by atoms with Gasteiger partial charge in [0.05, 0.1) is 21.0 Å². The molecule has 1 aliphatic carbocycles. The van der Waals surface area contributed by atoms with Gasteiger partial charge in [-0.2, -0.15) is 0 Å². The largest absolute Gasteiger partial charge is 0.480 e. The number of benzene rings is 2. The van der Waals surface area contributed by atoms with Crippen LogP contribution in [0.15, 0.2) is 42.5 Å². The van der Waals surface area contributed by atoms with E-state index in [4.69, 9.17) is 28.9 Å². The number of carbonyl (C=O) groups excluding carboxylic acids is 2. The third-order valence-corrected chi connectivity index (χ3v) is 7.02. The summed E-state index contributed by atoms with van der Waals surface area (Å²) in [5, 5.41) is 15.7. The first-order chi connectivity index (χ1) is 16.3. The number of carbonyl (C=O) groups is 3. The molecule has 1 fully saturated rings. The van der Waals surface area contributed by atoms with Crippen LogP contribution in [0.3, 0.4) is 0 Å². The molecule has 1 atom stereocenters. The number of hydrogen-bond donors (Lipinski definition) is 4. The number of anilines is 1.